The van der Waals surface area contributed by atoms with Crippen molar-refractivity contribution in [1.29, 1.82) is 0 Å². The van der Waals surface area contributed by atoms with Gasteiger partial charge < -0.3 is 31.9 Å². The summed E-state index contributed by atoms with van der Waals surface area (Å²) in [5, 5.41) is 2.80. The van der Waals surface area contributed by atoms with Crippen LogP contribution in [0.1, 0.15) is 46.5 Å². The topological polar surface area (TPSA) is 148 Å². The van der Waals surface area contributed by atoms with Crippen LogP contribution >= 0.6 is 0 Å². The zero-order chi connectivity index (χ0) is 32.6. The molecule has 41 heavy (non-hydrogen) atoms. The molecule has 0 aliphatic rings. The maximum absolute atomic E-state index is 11.9. The zero-order valence-electron chi connectivity index (χ0n) is 23.9. The van der Waals surface area contributed by atoms with E-state index in [-0.39, 0.29) is 6.09 Å². The molecule has 0 fully saturated rings. The number of alkyl carbamates (subject to hydrolysis) is 1. The van der Waals surface area contributed by atoms with Crippen LogP contribution in [0.15, 0.2) is 0 Å². The Morgan fingerprint density at radius 3 is 1.49 bits per heavy atom. The Hall–Kier alpha value is -1.23. The van der Waals surface area contributed by atoms with Crippen LogP contribution in [0.4, 0.5) is 31.1 Å². The van der Waals surface area contributed by atoms with Crippen LogP contribution < -0.4 is 5.32 Å². The lowest BCUT2D eigenvalue weighted by Crippen LogP contribution is -2.52. The van der Waals surface area contributed by atoms with Crippen LogP contribution in [0.3, 0.4) is 0 Å². The minimum absolute atomic E-state index is 0.355. The van der Waals surface area contributed by atoms with E-state index in [0.717, 1.165) is 60.5 Å². The predicted octanol–water partition coefficient (Wildman–Crippen LogP) is 4.09. The van der Waals surface area contributed by atoms with E-state index in [0.29, 0.717) is 19.2 Å². The monoisotopic (exact) mass is 673 g/mol. The maximum Gasteiger partial charge on any atom is 0.500 e. The van der Waals surface area contributed by atoms with Gasteiger partial charge in [0, 0.05) is 33.9 Å². The summed E-state index contributed by atoms with van der Waals surface area (Å²) in [6.07, 6.45) is 3.81. The zero-order valence-corrected chi connectivity index (χ0v) is 26.6. The number of sulfonamides is 2. The fourth-order valence-electron chi connectivity index (χ4n) is 3.74. The van der Waals surface area contributed by atoms with Crippen molar-refractivity contribution in [3.8, 4) is 0 Å². The number of hydrogen-bond donors (Lipinski definition) is 1. The van der Waals surface area contributed by atoms with E-state index in [4.69, 9.17) is 18.0 Å². The van der Waals surface area contributed by atoms with Crippen molar-refractivity contribution < 1.29 is 70.5 Å². The first-order valence-corrected chi connectivity index (χ1v) is 17.3. The normalized spacial score (nSPS) is 13.4. The lowest BCUT2D eigenvalue weighted by molar-refractivity contribution is -0.928. The summed E-state index contributed by atoms with van der Waals surface area (Å²) in [4.78, 5) is 11.9. The van der Waals surface area contributed by atoms with E-state index in [9.17, 15) is 48.0 Å². The average Bonchev–Trinajstić information content (AvgIpc) is 2.83. The summed E-state index contributed by atoms with van der Waals surface area (Å²) in [6.45, 7) is 11.9. The van der Waals surface area contributed by atoms with Gasteiger partial charge in [-0.3, -0.25) is 0 Å². The molecule has 0 aliphatic heterocycles. The second kappa shape index (κ2) is 18.4. The van der Waals surface area contributed by atoms with Gasteiger partial charge in [-0.2, -0.15) is 26.3 Å². The third kappa shape index (κ3) is 15.2. The highest BCUT2D eigenvalue weighted by atomic mass is 32.3. The first kappa shape index (κ1) is 41.9. The summed E-state index contributed by atoms with van der Waals surface area (Å²) >= 11 is 0. The number of ether oxygens (including phenoxy) is 1. The Bertz CT molecular complexity index is 897. The summed E-state index contributed by atoms with van der Waals surface area (Å²) in [7, 11) is -11.2. The van der Waals surface area contributed by atoms with Crippen molar-refractivity contribution in [3.63, 3.8) is 0 Å². The summed E-state index contributed by atoms with van der Waals surface area (Å²) in [5.41, 5.74) is -12.4. The summed E-state index contributed by atoms with van der Waals surface area (Å²) in [6, 6.07) is 0.653. The first-order chi connectivity index (χ1) is 18.7. The molecule has 0 radical (unpaired) electrons. The highest BCUT2D eigenvalue weighted by Crippen LogP contribution is 2.36. The van der Waals surface area contributed by atoms with Gasteiger partial charge >= 0.3 is 25.9 Å². The maximum atomic E-state index is 11.9. The molecule has 0 heterocycles. The van der Waals surface area contributed by atoms with Gasteiger partial charge in [0.05, 0.1) is 19.6 Å². The molecule has 1 amide bonds. The molecule has 248 valence electrons. The van der Waals surface area contributed by atoms with Crippen LogP contribution in [0.5, 0.6) is 0 Å². The van der Waals surface area contributed by atoms with E-state index in [1.807, 2.05) is 0 Å². The van der Waals surface area contributed by atoms with Gasteiger partial charge in [0.2, 0.25) is 0 Å². The van der Waals surface area contributed by atoms with Gasteiger partial charge in [-0.05, 0) is 25.7 Å². The second-order valence-electron chi connectivity index (χ2n) is 8.61. The molecule has 0 aliphatic carbocycles. The van der Waals surface area contributed by atoms with Gasteiger partial charge in [0.25, 0.3) is 0 Å². The fourth-order valence-corrected chi connectivity index (χ4v) is 7.17. The molecule has 0 rings (SSSR count). The number of halogens is 6. The van der Waals surface area contributed by atoms with Crippen molar-refractivity contribution in [2.45, 2.75) is 63.5 Å². The molecule has 0 bridgehead atoms. The molecule has 0 aromatic rings. The Morgan fingerprint density at radius 1 is 0.780 bits per heavy atom. The molecule has 12 nitrogen and oxygen atoms in total. The molecule has 0 atom stereocenters. The smallest absolute Gasteiger partial charge is 0.444 e. The molecule has 0 aromatic heterocycles. The molecule has 0 aromatic carbocycles. The Labute approximate surface area is 239 Å². The van der Waals surface area contributed by atoms with Crippen LogP contribution in [0.25, 0.3) is 4.13 Å². The standard InChI is InChI=1S/C18H40N2O5Si.C2F6NO4S2/c1-7-12-20(13-8-2,14-9-3)15-16-25-18(21)19-11-10-17-26(22-4,23-5)24-6;3-1(4,5)14(10,11)9-15(12,13)2(6,7)8/h7-17H2,1-6H3;/q;-1/p+1. The van der Waals surface area contributed by atoms with Crippen molar-refractivity contribution >= 4 is 34.9 Å². The molecule has 0 unspecified atom stereocenters. The van der Waals surface area contributed by atoms with Gasteiger partial charge in [0.15, 0.2) is 20.0 Å². The number of rotatable bonds is 18. The number of quaternary nitrogens is 1. The minimum atomic E-state index is -6.72. The third-order valence-corrected chi connectivity index (χ3v) is 11.1. The van der Waals surface area contributed by atoms with E-state index < -0.39 is 39.9 Å². The number of amides is 1. The highest BCUT2D eigenvalue weighted by molar-refractivity contribution is 8.13. The molecular formula is C20H41F6N3O9S2Si. The molecular weight excluding hydrogens is 632 g/mol. The van der Waals surface area contributed by atoms with Gasteiger partial charge in [0.1, 0.15) is 13.2 Å². The number of nitrogens with one attached hydrogen (secondary N) is 1. The van der Waals surface area contributed by atoms with Crippen LogP contribution in [0, 0.1) is 0 Å². The van der Waals surface area contributed by atoms with E-state index in [1.165, 1.54) is 0 Å². The lowest BCUT2D eigenvalue weighted by atomic mass is 10.2. The average molecular weight is 674 g/mol. The number of nitrogens with zero attached hydrogens (tertiary/aromatic N) is 2. The molecule has 21 heteroatoms. The van der Waals surface area contributed by atoms with E-state index >= 15 is 0 Å². The minimum Gasteiger partial charge on any atom is -0.444 e. The van der Waals surface area contributed by atoms with Crippen LogP contribution in [0.2, 0.25) is 6.04 Å². The number of hydrogen-bond acceptors (Lipinski definition) is 9. The van der Waals surface area contributed by atoms with Crippen molar-refractivity contribution in [3.05, 3.63) is 4.13 Å². The number of alkyl halides is 6. The van der Waals surface area contributed by atoms with Gasteiger partial charge in [-0.15, -0.1) is 0 Å². The summed E-state index contributed by atoms with van der Waals surface area (Å²) in [5.74, 6) is 0. The molecule has 0 saturated heterocycles. The summed E-state index contributed by atoms with van der Waals surface area (Å²) < 4.78 is 132. The van der Waals surface area contributed by atoms with E-state index in [2.05, 4.69) is 26.1 Å². The van der Waals surface area contributed by atoms with Crippen LogP contribution in [-0.2, 0) is 38.1 Å². The quantitative estimate of drug-likeness (QED) is 0.0983. The second-order valence-corrected chi connectivity index (χ2v) is 15.1. The SMILES string of the molecule is CCC[N+](CCC)(CCC)CCOC(=O)NCCC[Si](OC)(OC)OC.O=S(=O)([N-]S(=O)(=O)C(F)(F)F)C(F)(F)F. The van der Waals surface area contributed by atoms with Crippen molar-refractivity contribution in [2.75, 3.05) is 60.7 Å². The fraction of sp³-hybridized carbons (Fsp3) is 0.950. The van der Waals surface area contributed by atoms with Crippen molar-refractivity contribution in [2.24, 2.45) is 0 Å². The lowest BCUT2D eigenvalue weighted by Gasteiger charge is -2.38. The van der Waals surface area contributed by atoms with Gasteiger partial charge in [-0.25, -0.2) is 21.6 Å². The Balaban J connectivity index is 0. The largest absolute Gasteiger partial charge is 0.500 e. The Morgan fingerprint density at radius 2 is 1.17 bits per heavy atom. The predicted molar refractivity (Wildman–Crippen MR) is 139 cm³/mol. The number of carbonyl (C=O) groups excluding carboxylic acids is 1. The number of carbonyl (C=O) groups is 1. The highest BCUT2D eigenvalue weighted by Gasteiger charge is 2.47. The molecule has 0 saturated carbocycles. The molecule has 0 spiro atoms. The Kier molecular flexibility index (Phi) is 18.8. The van der Waals surface area contributed by atoms with Gasteiger partial charge in [-0.1, -0.05) is 20.8 Å². The third-order valence-electron chi connectivity index (χ3n) is 5.54. The van der Waals surface area contributed by atoms with Crippen LogP contribution in [-0.4, -0.2) is 108 Å². The van der Waals surface area contributed by atoms with Crippen molar-refractivity contribution in [1.82, 2.24) is 5.32 Å². The van der Waals surface area contributed by atoms with E-state index in [1.54, 1.807) is 21.3 Å². The molecule has 1 N–H and O–H groups in total. The first-order valence-electron chi connectivity index (χ1n) is 12.5.